The van der Waals surface area contributed by atoms with Gasteiger partial charge in [-0.2, -0.15) is 0 Å². The highest BCUT2D eigenvalue weighted by atomic mass is 127. The van der Waals surface area contributed by atoms with Crippen LogP contribution >= 0.6 is 24.0 Å². The molecule has 0 aliphatic carbocycles. The Labute approximate surface area is 193 Å². The minimum Gasteiger partial charge on any atom is -0.357 e. The van der Waals surface area contributed by atoms with Crippen LogP contribution in [0.25, 0.3) is 0 Å². The lowest BCUT2D eigenvalue weighted by Gasteiger charge is -2.18. The van der Waals surface area contributed by atoms with Crippen LogP contribution in [0.2, 0.25) is 0 Å². The molecule has 0 unspecified atom stereocenters. The van der Waals surface area contributed by atoms with Crippen LogP contribution < -0.4 is 16.0 Å². The lowest BCUT2D eigenvalue weighted by Crippen LogP contribution is -2.43. The highest BCUT2D eigenvalue weighted by Gasteiger charge is 2.20. The molecule has 29 heavy (non-hydrogen) atoms. The third kappa shape index (κ3) is 9.80. The van der Waals surface area contributed by atoms with Gasteiger partial charge >= 0.3 is 0 Å². The van der Waals surface area contributed by atoms with E-state index >= 15 is 0 Å². The molecule has 1 aromatic rings. The molecule has 1 aromatic carbocycles. The number of amides is 1. The van der Waals surface area contributed by atoms with E-state index in [1.54, 1.807) is 0 Å². The third-order valence-corrected chi connectivity index (χ3v) is 4.78. The number of carbonyl (C=O) groups excluding carboxylic acids is 1. The molecule has 2 rings (SSSR count). The van der Waals surface area contributed by atoms with Crippen molar-refractivity contribution in [1.82, 2.24) is 20.9 Å². The van der Waals surface area contributed by atoms with Gasteiger partial charge in [-0.1, -0.05) is 45.0 Å². The van der Waals surface area contributed by atoms with E-state index in [2.05, 4.69) is 50.1 Å². The quantitative estimate of drug-likeness (QED) is 0.216. The first kappa shape index (κ1) is 25.7. The molecule has 0 radical (unpaired) electrons. The van der Waals surface area contributed by atoms with Gasteiger partial charge in [-0.15, -0.1) is 24.0 Å². The number of hydrogen-bond donors (Lipinski definition) is 3. The topological polar surface area (TPSA) is 68.8 Å². The smallest absolute Gasteiger partial charge is 0.225 e. The molecule has 0 spiro atoms. The number of guanidine groups is 1. The molecule has 1 saturated heterocycles. The van der Waals surface area contributed by atoms with E-state index < -0.39 is 0 Å². The molecule has 1 amide bonds. The molecule has 1 heterocycles. The minimum absolute atomic E-state index is 0. The van der Waals surface area contributed by atoms with E-state index in [9.17, 15) is 4.79 Å². The largest absolute Gasteiger partial charge is 0.357 e. The summed E-state index contributed by atoms with van der Waals surface area (Å²) in [6.07, 6.45) is 2.65. The van der Waals surface area contributed by atoms with Crippen molar-refractivity contribution in [2.45, 2.75) is 53.6 Å². The van der Waals surface area contributed by atoms with Crippen LogP contribution in [0.3, 0.4) is 0 Å². The van der Waals surface area contributed by atoms with Gasteiger partial charge in [0.05, 0.1) is 6.54 Å². The first-order valence-corrected chi connectivity index (χ1v) is 10.5. The van der Waals surface area contributed by atoms with Gasteiger partial charge in [-0.25, -0.2) is 4.99 Å². The molecular weight excluding hydrogens is 477 g/mol. The summed E-state index contributed by atoms with van der Waals surface area (Å²) < 4.78 is 0. The molecule has 0 aromatic heterocycles. The maximum absolute atomic E-state index is 11.9. The Hall–Kier alpha value is -1.35. The van der Waals surface area contributed by atoms with E-state index in [-0.39, 0.29) is 35.3 Å². The summed E-state index contributed by atoms with van der Waals surface area (Å²) >= 11 is 0. The molecule has 0 atom stereocenters. The zero-order chi connectivity index (χ0) is 20.4. The van der Waals surface area contributed by atoms with E-state index in [0.29, 0.717) is 19.6 Å². The summed E-state index contributed by atoms with van der Waals surface area (Å²) in [6, 6.07) is 8.77. The second-order valence-electron chi connectivity index (χ2n) is 8.43. The maximum Gasteiger partial charge on any atom is 0.225 e. The molecular formula is C22H38IN5O. The van der Waals surface area contributed by atoms with Crippen LogP contribution in [0.1, 0.15) is 51.7 Å². The van der Waals surface area contributed by atoms with Gasteiger partial charge in [0.25, 0.3) is 0 Å². The number of carbonyl (C=O) groups is 1. The monoisotopic (exact) mass is 515 g/mol. The fourth-order valence-corrected chi connectivity index (χ4v) is 3.08. The molecule has 1 aliphatic rings. The van der Waals surface area contributed by atoms with Crippen LogP contribution in [-0.2, 0) is 17.9 Å². The number of hydrogen-bond acceptors (Lipinski definition) is 3. The summed E-state index contributed by atoms with van der Waals surface area (Å²) in [4.78, 5) is 19.1. The average molecular weight is 515 g/mol. The summed E-state index contributed by atoms with van der Waals surface area (Å²) in [7, 11) is 0. The summed E-state index contributed by atoms with van der Waals surface area (Å²) in [5.74, 6) is 0.832. The maximum atomic E-state index is 11.9. The predicted octanol–water partition coefficient (Wildman–Crippen LogP) is 3.12. The third-order valence-electron chi connectivity index (χ3n) is 4.78. The van der Waals surface area contributed by atoms with Gasteiger partial charge in [0.2, 0.25) is 5.91 Å². The Morgan fingerprint density at radius 3 is 2.17 bits per heavy atom. The SMILES string of the molecule is CCNC(=NCc1ccc(CN2CCCC2)cc1)NCCNC(=O)C(C)(C)C.I. The van der Waals surface area contributed by atoms with Gasteiger partial charge in [-0.3, -0.25) is 9.69 Å². The van der Waals surface area contributed by atoms with Gasteiger partial charge in [-0.05, 0) is 44.0 Å². The van der Waals surface area contributed by atoms with Crippen molar-refractivity contribution in [3.63, 3.8) is 0 Å². The molecule has 164 valence electrons. The molecule has 0 saturated carbocycles. The first-order valence-electron chi connectivity index (χ1n) is 10.5. The van der Waals surface area contributed by atoms with E-state index in [1.165, 1.54) is 37.1 Å². The lowest BCUT2D eigenvalue weighted by molar-refractivity contribution is -0.128. The molecule has 1 fully saturated rings. The van der Waals surface area contributed by atoms with Crippen molar-refractivity contribution in [3.05, 3.63) is 35.4 Å². The number of benzene rings is 1. The van der Waals surface area contributed by atoms with Crippen LogP contribution in [0, 0.1) is 5.41 Å². The summed E-state index contributed by atoms with van der Waals surface area (Å²) in [5.41, 5.74) is 2.21. The second kappa shape index (κ2) is 13.1. The number of rotatable bonds is 8. The highest BCUT2D eigenvalue weighted by Crippen LogP contribution is 2.14. The van der Waals surface area contributed by atoms with Crippen molar-refractivity contribution >= 4 is 35.8 Å². The van der Waals surface area contributed by atoms with Crippen molar-refractivity contribution in [2.75, 3.05) is 32.7 Å². The van der Waals surface area contributed by atoms with E-state index in [1.807, 2.05) is 27.7 Å². The fraction of sp³-hybridized carbons (Fsp3) is 0.636. The number of nitrogens with one attached hydrogen (secondary N) is 3. The second-order valence-corrected chi connectivity index (χ2v) is 8.43. The highest BCUT2D eigenvalue weighted by molar-refractivity contribution is 14.0. The fourth-order valence-electron chi connectivity index (χ4n) is 3.08. The van der Waals surface area contributed by atoms with Gasteiger partial charge in [0.15, 0.2) is 5.96 Å². The number of halogens is 1. The zero-order valence-corrected chi connectivity index (χ0v) is 20.7. The summed E-state index contributed by atoms with van der Waals surface area (Å²) in [5, 5.41) is 9.47. The number of likely N-dealkylation sites (tertiary alicyclic amines) is 1. The van der Waals surface area contributed by atoms with E-state index in [4.69, 9.17) is 0 Å². The van der Waals surface area contributed by atoms with Gasteiger partial charge in [0, 0.05) is 31.6 Å². The van der Waals surface area contributed by atoms with Crippen LogP contribution in [0.5, 0.6) is 0 Å². The normalized spacial score (nSPS) is 15.0. The van der Waals surface area contributed by atoms with Crippen molar-refractivity contribution in [1.29, 1.82) is 0 Å². The molecule has 7 heteroatoms. The van der Waals surface area contributed by atoms with Crippen molar-refractivity contribution in [2.24, 2.45) is 10.4 Å². The lowest BCUT2D eigenvalue weighted by atomic mass is 9.96. The minimum atomic E-state index is -0.362. The van der Waals surface area contributed by atoms with Crippen LogP contribution in [0.15, 0.2) is 29.3 Å². The Bertz CT molecular complexity index is 634. The van der Waals surface area contributed by atoms with Crippen LogP contribution in [-0.4, -0.2) is 49.5 Å². The Balaban J connectivity index is 0.00000420. The van der Waals surface area contributed by atoms with Gasteiger partial charge in [0.1, 0.15) is 0 Å². The van der Waals surface area contributed by atoms with Crippen molar-refractivity contribution < 1.29 is 4.79 Å². The zero-order valence-electron chi connectivity index (χ0n) is 18.4. The first-order chi connectivity index (χ1) is 13.4. The van der Waals surface area contributed by atoms with Crippen LogP contribution in [0.4, 0.5) is 0 Å². The Morgan fingerprint density at radius 2 is 1.59 bits per heavy atom. The standard InChI is InChI=1S/C22H37N5O.HI/c1-5-23-21(25-13-12-24-20(28)22(2,3)4)26-16-18-8-10-19(11-9-18)17-27-14-6-7-15-27;/h8-11H,5-7,12-17H2,1-4H3,(H,24,28)(H2,23,25,26);1H. The average Bonchev–Trinajstić information content (AvgIpc) is 3.16. The molecule has 1 aliphatic heterocycles. The predicted molar refractivity (Wildman–Crippen MR) is 132 cm³/mol. The molecule has 3 N–H and O–H groups in total. The Morgan fingerprint density at radius 1 is 1.00 bits per heavy atom. The van der Waals surface area contributed by atoms with Gasteiger partial charge < -0.3 is 16.0 Å². The molecule has 0 bridgehead atoms. The number of nitrogens with zero attached hydrogens (tertiary/aromatic N) is 2. The van der Waals surface area contributed by atoms with E-state index in [0.717, 1.165) is 19.0 Å². The molecule has 6 nitrogen and oxygen atoms in total. The number of aliphatic imine (C=N–C) groups is 1. The Kier molecular flexibility index (Phi) is 11.6. The van der Waals surface area contributed by atoms with Crippen molar-refractivity contribution in [3.8, 4) is 0 Å². The summed E-state index contributed by atoms with van der Waals surface area (Å²) in [6.45, 7) is 13.9.